The highest BCUT2D eigenvalue weighted by atomic mass is 16.6. The van der Waals surface area contributed by atoms with Crippen LogP contribution in [0.3, 0.4) is 0 Å². The van der Waals surface area contributed by atoms with Crippen molar-refractivity contribution in [2.24, 2.45) is 11.8 Å². The minimum Gasteiger partial charge on any atom is -0.481 e. The molecule has 0 unspecified atom stereocenters. The topological polar surface area (TPSA) is 63.6 Å². The molecule has 100 valence electrons. The highest BCUT2D eigenvalue weighted by Crippen LogP contribution is 2.20. The second kappa shape index (κ2) is 6.62. The zero-order chi connectivity index (χ0) is 13.6. The molecule has 0 heterocycles. The summed E-state index contributed by atoms with van der Waals surface area (Å²) in [5, 5.41) is 9.02. The summed E-state index contributed by atoms with van der Waals surface area (Å²) in [7, 11) is 0. The van der Waals surface area contributed by atoms with Gasteiger partial charge < -0.3 is 9.84 Å². The first-order chi connectivity index (χ1) is 7.68. The lowest BCUT2D eigenvalue weighted by Crippen LogP contribution is -2.29. The summed E-state index contributed by atoms with van der Waals surface area (Å²) in [4.78, 5) is 22.6. The Kier molecular flexibility index (Phi) is 6.21. The number of ether oxygens (including phenoxy) is 1. The van der Waals surface area contributed by atoms with Crippen molar-refractivity contribution in [2.45, 2.75) is 59.5 Å². The van der Waals surface area contributed by atoms with Gasteiger partial charge in [-0.2, -0.15) is 0 Å². The van der Waals surface area contributed by atoms with Crippen molar-refractivity contribution in [1.29, 1.82) is 0 Å². The molecule has 1 atom stereocenters. The fraction of sp³-hybridized carbons (Fsp3) is 0.846. The van der Waals surface area contributed by atoms with E-state index in [2.05, 4.69) is 0 Å². The molecule has 0 aromatic carbocycles. The molecule has 0 rings (SSSR count). The molecule has 0 saturated heterocycles. The highest BCUT2D eigenvalue weighted by Gasteiger charge is 2.26. The summed E-state index contributed by atoms with van der Waals surface area (Å²) in [5.74, 6) is -1.74. The average Bonchev–Trinajstić information content (AvgIpc) is 2.15. The highest BCUT2D eigenvalue weighted by molar-refractivity contribution is 5.78. The molecule has 0 spiro atoms. The van der Waals surface area contributed by atoms with E-state index in [0.717, 1.165) is 0 Å². The molecule has 4 heteroatoms. The van der Waals surface area contributed by atoms with Crippen molar-refractivity contribution in [3.63, 3.8) is 0 Å². The van der Waals surface area contributed by atoms with Crippen molar-refractivity contribution in [2.75, 3.05) is 0 Å². The number of carboxylic acids is 1. The SMILES string of the molecule is CCC(C)(C)OC(=O)C[C@@H](CC(C)C)C(=O)O. The standard InChI is InChI=1S/C13H24O4/c1-6-13(4,5)17-11(14)8-10(12(15)16)7-9(2)3/h9-10H,6-8H2,1-5H3,(H,15,16)/t10-/m1/s1. The van der Waals surface area contributed by atoms with Crippen LogP contribution in [0.4, 0.5) is 0 Å². The second-order valence-electron chi connectivity index (χ2n) is 5.46. The van der Waals surface area contributed by atoms with Crippen LogP contribution in [-0.2, 0) is 14.3 Å². The van der Waals surface area contributed by atoms with Crippen LogP contribution in [0.1, 0.15) is 53.9 Å². The molecule has 0 saturated carbocycles. The number of hydrogen-bond acceptors (Lipinski definition) is 3. The molecule has 0 aliphatic rings. The van der Waals surface area contributed by atoms with Crippen LogP contribution in [0.15, 0.2) is 0 Å². The second-order valence-corrected chi connectivity index (χ2v) is 5.46. The van der Waals surface area contributed by atoms with Gasteiger partial charge in [-0.05, 0) is 32.6 Å². The average molecular weight is 244 g/mol. The summed E-state index contributed by atoms with van der Waals surface area (Å²) >= 11 is 0. The summed E-state index contributed by atoms with van der Waals surface area (Å²) in [6.07, 6.45) is 1.16. The van der Waals surface area contributed by atoms with Crippen molar-refractivity contribution >= 4 is 11.9 Å². The van der Waals surface area contributed by atoms with E-state index < -0.39 is 23.5 Å². The van der Waals surface area contributed by atoms with Crippen LogP contribution >= 0.6 is 0 Å². The van der Waals surface area contributed by atoms with E-state index >= 15 is 0 Å². The summed E-state index contributed by atoms with van der Waals surface area (Å²) in [5.41, 5.74) is -0.516. The van der Waals surface area contributed by atoms with Gasteiger partial charge in [-0.3, -0.25) is 9.59 Å². The normalized spacial score (nSPS) is 13.5. The van der Waals surface area contributed by atoms with Crippen molar-refractivity contribution in [1.82, 2.24) is 0 Å². The smallest absolute Gasteiger partial charge is 0.307 e. The molecule has 0 aromatic heterocycles. The maximum Gasteiger partial charge on any atom is 0.307 e. The maximum absolute atomic E-state index is 11.6. The molecule has 1 N–H and O–H groups in total. The van der Waals surface area contributed by atoms with E-state index in [0.29, 0.717) is 12.8 Å². The molecule has 0 aliphatic heterocycles. The van der Waals surface area contributed by atoms with Gasteiger partial charge in [0.15, 0.2) is 0 Å². The lowest BCUT2D eigenvalue weighted by atomic mass is 9.94. The first-order valence-corrected chi connectivity index (χ1v) is 6.12. The fourth-order valence-electron chi connectivity index (χ4n) is 1.46. The van der Waals surface area contributed by atoms with Crippen LogP contribution in [0, 0.1) is 11.8 Å². The Balaban J connectivity index is 4.37. The van der Waals surface area contributed by atoms with Gasteiger partial charge in [0.05, 0.1) is 12.3 Å². The van der Waals surface area contributed by atoms with Gasteiger partial charge in [0.2, 0.25) is 0 Å². The first kappa shape index (κ1) is 15.9. The van der Waals surface area contributed by atoms with Gasteiger partial charge in [0.1, 0.15) is 5.60 Å². The predicted molar refractivity (Wildman–Crippen MR) is 65.7 cm³/mol. The first-order valence-electron chi connectivity index (χ1n) is 6.12. The lowest BCUT2D eigenvalue weighted by Gasteiger charge is -2.24. The Bertz CT molecular complexity index is 269. The number of rotatable bonds is 7. The molecule has 0 fully saturated rings. The molecule has 0 amide bonds. The predicted octanol–water partition coefficient (Wildman–Crippen LogP) is 2.86. The van der Waals surface area contributed by atoms with E-state index in [1.807, 2.05) is 34.6 Å². The minimum atomic E-state index is -0.926. The number of carboxylic acid groups (broad SMARTS) is 1. The number of carbonyl (C=O) groups is 2. The third-order valence-electron chi connectivity index (χ3n) is 2.76. The Morgan fingerprint density at radius 1 is 1.29 bits per heavy atom. The molecule has 0 aromatic rings. The van der Waals surface area contributed by atoms with Crippen LogP contribution in [0.5, 0.6) is 0 Å². The van der Waals surface area contributed by atoms with Gasteiger partial charge in [-0.25, -0.2) is 0 Å². The zero-order valence-electron chi connectivity index (χ0n) is 11.4. The van der Waals surface area contributed by atoms with E-state index in [-0.39, 0.29) is 12.3 Å². The van der Waals surface area contributed by atoms with Gasteiger partial charge in [0.25, 0.3) is 0 Å². The van der Waals surface area contributed by atoms with Gasteiger partial charge >= 0.3 is 11.9 Å². The van der Waals surface area contributed by atoms with Gasteiger partial charge in [-0.15, -0.1) is 0 Å². The molecule has 0 bridgehead atoms. The maximum atomic E-state index is 11.6. The fourth-order valence-corrected chi connectivity index (χ4v) is 1.46. The number of esters is 1. The van der Waals surface area contributed by atoms with Crippen LogP contribution in [-0.4, -0.2) is 22.6 Å². The largest absolute Gasteiger partial charge is 0.481 e. The Labute approximate surface area is 103 Å². The zero-order valence-corrected chi connectivity index (χ0v) is 11.4. The van der Waals surface area contributed by atoms with E-state index in [1.165, 1.54) is 0 Å². The van der Waals surface area contributed by atoms with Crippen molar-refractivity contribution in [3.8, 4) is 0 Å². The Morgan fingerprint density at radius 2 is 1.82 bits per heavy atom. The molecule has 0 radical (unpaired) electrons. The van der Waals surface area contributed by atoms with E-state index in [1.54, 1.807) is 0 Å². The van der Waals surface area contributed by atoms with Crippen molar-refractivity contribution < 1.29 is 19.4 Å². The third kappa shape index (κ3) is 6.97. The molecule has 17 heavy (non-hydrogen) atoms. The summed E-state index contributed by atoms with van der Waals surface area (Å²) in [6, 6.07) is 0. The van der Waals surface area contributed by atoms with E-state index in [4.69, 9.17) is 9.84 Å². The van der Waals surface area contributed by atoms with Crippen molar-refractivity contribution in [3.05, 3.63) is 0 Å². The van der Waals surface area contributed by atoms with E-state index in [9.17, 15) is 9.59 Å². The third-order valence-corrected chi connectivity index (χ3v) is 2.76. The molecule has 0 aliphatic carbocycles. The van der Waals surface area contributed by atoms with Gasteiger partial charge in [-0.1, -0.05) is 20.8 Å². The Morgan fingerprint density at radius 3 is 2.18 bits per heavy atom. The number of aliphatic carboxylic acids is 1. The Hall–Kier alpha value is -1.06. The minimum absolute atomic E-state index is 0.0447. The quantitative estimate of drug-likeness (QED) is 0.699. The van der Waals surface area contributed by atoms with Crippen LogP contribution < -0.4 is 0 Å². The van der Waals surface area contributed by atoms with Crippen LogP contribution in [0.25, 0.3) is 0 Å². The summed E-state index contributed by atoms with van der Waals surface area (Å²) in [6.45, 7) is 9.46. The number of hydrogen-bond donors (Lipinski definition) is 1. The molecule has 4 nitrogen and oxygen atoms in total. The molecular weight excluding hydrogens is 220 g/mol. The van der Waals surface area contributed by atoms with Crippen LogP contribution in [0.2, 0.25) is 0 Å². The number of carbonyl (C=O) groups excluding carboxylic acids is 1. The molecular formula is C13H24O4. The lowest BCUT2D eigenvalue weighted by molar-refractivity contribution is -0.161. The monoisotopic (exact) mass is 244 g/mol. The summed E-state index contributed by atoms with van der Waals surface area (Å²) < 4.78 is 5.25. The van der Waals surface area contributed by atoms with Gasteiger partial charge in [0, 0.05) is 0 Å².